The highest BCUT2D eigenvalue weighted by Crippen LogP contribution is 2.21. The van der Waals surface area contributed by atoms with E-state index >= 15 is 0 Å². The van der Waals surface area contributed by atoms with Crippen molar-refractivity contribution in [3.63, 3.8) is 0 Å². The van der Waals surface area contributed by atoms with Crippen molar-refractivity contribution in [3.8, 4) is 0 Å². The van der Waals surface area contributed by atoms with Crippen LogP contribution in [0.4, 0.5) is 0 Å². The zero-order valence-electron chi connectivity index (χ0n) is 12.2. The second-order valence-corrected chi connectivity index (χ2v) is 6.75. The van der Waals surface area contributed by atoms with E-state index in [1.165, 1.54) is 12.1 Å². The SMILES string of the molecule is Cc1ccc(C(C)NS(=O)(=O)c2cccc(C(C)O)c2)o1. The molecule has 2 aromatic rings. The fourth-order valence-corrected chi connectivity index (χ4v) is 3.25. The van der Waals surface area contributed by atoms with E-state index < -0.39 is 22.2 Å². The number of benzene rings is 1. The Balaban J connectivity index is 2.24. The number of furan rings is 1. The summed E-state index contributed by atoms with van der Waals surface area (Å²) in [7, 11) is -3.68. The van der Waals surface area contributed by atoms with E-state index in [1.807, 2.05) is 0 Å². The molecule has 0 saturated heterocycles. The van der Waals surface area contributed by atoms with Gasteiger partial charge in [0, 0.05) is 0 Å². The zero-order chi connectivity index (χ0) is 15.6. The first-order valence-corrected chi connectivity index (χ1v) is 8.14. The van der Waals surface area contributed by atoms with Crippen molar-refractivity contribution >= 4 is 10.0 Å². The van der Waals surface area contributed by atoms with Crippen LogP contribution in [0, 0.1) is 6.92 Å². The van der Waals surface area contributed by atoms with Crippen LogP contribution >= 0.6 is 0 Å². The molecule has 0 saturated carbocycles. The van der Waals surface area contributed by atoms with E-state index in [9.17, 15) is 13.5 Å². The molecule has 0 aliphatic heterocycles. The van der Waals surface area contributed by atoms with Gasteiger partial charge in [-0.3, -0.25) is 0 Å². The third kappa shape index (κ3) is 3.72. The second kappa shape index (κ2) is 6.01. The Morgan fingerprint density at radius 1 is 1.19 bits per heavy atom. The number of sulfonamides is 1. The van der Waals surface area contributed by atoms with Crippen LogP contribution in [0.1, 0.15) is 43.1 Å². The lowest BCUT2D eigenvalue weighted by atomic mass is 10.1. The summed E-state index contributed by atoms with van der Waals surface area (Å²) in [6.45, 7) is 5.11. The highest BCUT2D eigenvalue weighted by molar-refractivity contribution is 7.89. The Hall–Kier alpha value is -1.63. The minimum atomic E-state index is -3.68. The number of hydrogen-bond donors (Lipinski definition) is 2. The van der Waals surface area contributed by atoms with Crippen LogP contribution in [0.5, 0.6) is 0 Å². The summed E-state index contributed by atoms with van der Waals surface area (Å²) in [5.41, 5.74) is 0.555. The molecule has 0 bridgehead atoms. The van der Waals surface area contributed by atoms with E-state index in [1.54, 1.807) is 45.0 Å². The number of aliphatic hydroxyl groups excluding tert-OH is 1. The molecule has 1 aromatic carbocycles. The molecule has 21 heavy (non-hydrogen) atoms. The van der Waals surface area contributed by atoms with Crippen LogP contribution in [0.25, 0.3) is 0 Å². The molecule has 5 nitrogen and oxygen atoms in total. The van der Waals surface area contributed by atoms with Crippen LogP contribution < -0.4 is 4.72 Å². The van der Waals surface area contributed by atoms with Crippen molar-refractivity contribution in [2.75, 3.05) is 0 Å². The number of aliphatic hydroxyl groups is 1. The zero-order valence-corrected chi connectivity index (χ0v) is 13.0. The highest BCUT2D eigenvalue weighted by atomic mass is 32.2. The van der Waals surface area contributed by atoms with E-state index in [0.29, 0.717) is 11.3 Å². The lowest BCUT2D eigenvalue weighted by Gasteiger charge is -2.13. The van der Waals surface area contributed by atoms with Crippen molar-refractivity contribution in [1.82, 2.24) is 4.72 Å². The Morgan fingerprint density at radius 3 is 2.48 bits per heavy atom. The number of hydrogen-bond acceptors (Lipinski definition) is 4. The maximum Gasteiger partial charge on any atom is 0.241 e. The van der Waals surface area contributed by atoms with E-state index in [0.717, 1.165) is 5.76 Å². The van der Waals surface area contributed by atoms with E-state index in [4.69, 9.17) is 4.42 Å². The van der Waals surface area contributed by atoms with Crippen LogP contribution in [-0.2, 0) is 10.0 Å². The normalized spacial score (nSPS) is 14.9. The Kier molecular flexibility index (Phi) is 4.51. The largest absolute Gasteiger partial charge is 0.465 e. The quantitative estimate of drug-likeness (QED) is 0.890. The number of aryl methyl sites for hydroxylation is 1. The van der Waals surface area contributed by atoms with Gasteiger partial charge < -0.3 is 9.52 Å². The topological polar surface area (TPSA) is 79.5 Å². The number of nitrogens with one attached hydrogen (secondary N) is 1. The van der Waals surface area contributed by atoms with Gasteiger partial charge in [0.2, 0.25) is 10.0 Å². The molecule has 2 rings (SSSR count). The summed E-state index contributed by atoms with van der Waals surface area (Å²) in [4.78, 5) is 0.121. The minimum absolute atomic E-state index is 0.121. The molecular formula is C15H19NO4S. The highest BCUT2D eigenvalue weighted by Gasteiger charge is 2.20. The average Bonchev–Trinajstić information content (AvgIpc) is 2.85. The molecule has 0 amide bonds. The summed E-state index contributed by atoms with van der Waals surface area (Å²) >= 11 is 0. The molecule has 1 aromatic heterocycles. The molecular weight excluding hydrogens is 290 g/mol. The third-order valence-electron chi connectivity index (χ3n) is 3.17. The summed E-state index contributed by atoms with van der Waals surface area (Å²) in [5, 5.41) is 9.55. The molecule has 114 valence electrons. The van der Waals surface area contributed by atoms with Crippen molar-refractivity contribution in [1.29, 1.82) is 0 Å². The van der Waals surface area contributed by atoms with Crippen LogP contribution in [-0.4, -0.2) is 13.5 Å². The first-order valence-electron chi connectivity index (χ1n) is 6.66. The van der Waals surface area contributed by atoms with E-state index in [2.05, 4.69) is 4.72 Å². The predicted molar refractivity (Wildman–Crippen MR) is 79.3 cm³/mol. The van der Waals surface area contributed by atoms with Crippen LogP contribution in [0.2, 0.25) is 0 Å². The van der Waals surface area contributed by atoms with Crippen molar-refractivity contribution < 1.29 is 17.9 Å². The van der Waals surface area contributed by atoms with Gasteiger partial charge in [-0.15, -0.1) is 0 Å². The first-order chi connectivity index (χ1) is 9.79. The predicted octanol–water partition coefficient (Wildman–Crippen LogP) is 2.68. The lowest BCUT2D eigenvalue weighted by molar-refractivity contribution is 0.199. The molecule has 0 aliphatic carbocycles. The average molecular weight is 309 g/mol. The molecule has 2 N–H and O–H groups in total. The summed E-state index contributed by atoms with van der Waals surface area (Å²) in [6.07, 6.45) is -0.717. The smallest absolute Gasteiger partial charge is 0.241 e. The summed E-state index contributed by atoms with van der Waals surface area (Å²) in [6, 6.07) is 9.31. The molecule has 0 radical (unpaired) electrons. The monoisotopic (exact) mass is 309 g/mol. The van der Waals surface area contributed by atoms with Gasteiger partial charge in [0.05, 0.1) is 17.0 Å². The first kappa shape index (κ1) is 15.8. The fourth-order valence-electron chi connectivity index (χ4n) is 1.99. The molecule has 0 aliphatic rings. The maximum atomic E-state index is 12.4. The second-order valence-electron chi connectivity index (χ2n) is 5.04. The summed E-state index contributed by atoms with van der Waals surface area (Å²) < 4.78 is 32.7. The summed E-state index contributed by atoms with van der Waals surface area (Å²) in [5.74, 6) is 1.29. The molecule has 2 atom stereocenters. The molecule has 6 heteroatoms. The molecule has 1 heterocycles. The van der Waals surface area contributed by atoms with Gasteiger partial charge in [0.25, 0.3) is 0 Å². The number of rotatable bonds is 5. The molecule has 0 fully saturated rings. The van der Waals surface area contributed by atoms with E-state index in [-0.39, 0.29) is 4.90 Å². The fraction of sp³-hybridized carbons (Fsp3) is 0.333. The van der Waals surface area contributed by atoms with Crippen molar-refractivity contribution in [2.24, 2.45) is 0 Å². The van der Waals surface area contributed by atoms with Gasteiger partial charge in [0.15, 0.2) is 0 Å². The van der Waals surface area contributed by atoms with Gasteiger partial charge in [-0.1, -0.05) is 12.1 Å². The lowest BCUT2D eigenvalue weighted by Crippen LogP contribution is -2.26. The minimum Gasteiger partial charge on any atom is -0.465 e. The van der Waals surface area contributed by atoms with Gasteiger partial charge in [-0.05, 0) is 50.6 Å². The van der Waals surface area contributed by atoms with Gasteiger partial charge in [-0.2, -0.15) is 0 Å². The Labute approximate surface area is 124 Å². The molecule has 0 spiro atoms. The maximum absolute atomic E-state index is 12.4. The van der Waals surface area contributed by atoms with Crippen molar-refractivity contribution in [2.45, 2.75) is 37.8 Å². The van der Waals surface area contributed by atoms with Crippen molar-refractivity contribution in [3.05, 3.63) is 53.5 Å². The van der Waals surface area contributed by atoms with Gasteiger partial charge in [-0.25, -0.2) is 13.1 Å². The third-order valence-corrected chi connectivity index (χ3v) is 4.71. The Bertz CT molecular complexity index is 719. The molecule has 2 unspecified atom stereocenters. The standard InChI is InChI=1S/C15H19NO4S/c1-10-7-8-15(20-10)11(2)16-21(18,19)14-6-4-5-13(9-14)12(3)17/h4-9,11-12,16-17H,1-3H3. The van der Waals surface area contributed by atoms with Crippen LogP contribution in [0.3, 0.4) is 0 Å². The van der Waals surface area contributed by atoms with Gasteiger partial charge >= 0.3 is 0 Å². The van der Waals surface area contributed by atoms with Crippen LogP contribution in [0.15, 0.2) is 45.7 Å². The Morgan fingerprint density at radius 2 is 1.90 bits per heavy atom. The van der Waals surface area contributed by atoms with Gasteiger partial charge in [0.1, 0.15) is 11.5 Å².